The molecule has 0 aliphatic carbocycles. The van der Waals surface area contributed by atoms with E-state index in [9.17, 15) is 0 Å². The Morgan fingerprint density at radius 2 is 1.03 bits per heavy atom. The van der Waals surface area contributed by atoms with Crippen molar-refractivity contribution in [1.82, 2.24) is 0 Å². The number of ether oxygens (including phenoxy) is 4. The fraction of sp³-hybridized carbons (Fsp3) is 0.471. The zero-order chi connectivity index (χ0) is 26.9. The lowest BCUT2D eigenvalue weighted by Crippen LogP contribution is -2.06. The van der Waals surface area contributed by atoms with Crippen molar-refractivity contribution in [2.24, 2.45) is 0 Å². The van der Waals surface area contributed by atoms with Crippen molar-refractivity contribution in [3.8, 4) is 23.0 Å². The van der Waals surface area contributed by atoms with Gasteiger partial charge < -0.3 is 18.9 Å². The zero-order valence-electron chi connectivity index (χ0n) is 23.9. The van der Waals surface area contributed by atoms with Gasteiger partial charge in [0, 0.05) is 0 Å². The predicted molar refractivity (Wildman–Crippen MR) is 161 cm³/mol. The Labute approximate surface area is 228 Å². The molecule has 0 aliphatic heterocycles. The van der Waals surface area contributed by atoms with E-state index in [0.29, 0.717) is 0 Å². The van der Waals surface area contributed by atoms with E-state index in [2.05, 4.69) is 62.4 Å². The summed E-state index contributed by atoms with van der Waals surface area (Å²) in [6.07, 6.45) is 9.57. The van der Waals surface area contributed by atoms with Crippen LogP contribution in [0.4, 0.5) is 0 Å². The smallest absolute Gasteiger partial charge is 0.162 e. The summed E-state index contributed by atoms with van der Waals surface area (Å²) in [7, 11) is 1.70. The molecule has 0 heterocycles. The molecular formula is C34H44O4. The van der Waals surface area contributed by atoms with Crippen LogP contribution in [0.3, 0.4) is 0 Å². The summed E-state index contributed by atoms with van der Waals surface area (Å²) < 4.78 is 24.3. The molecule has 4 rings (SSSR count). The number of unbranched alkanes of at least 4 members (excludes halogenated alkanes) is 6. The maximum absolute atomic E-state index is 6.18. The molecule has 4 heteroatoms. The van der Waals surface area contributed by atoms with Crippen LogP contribution >= 0.6 is 0 Å². The van der Waals surface area contributed by atoms with Crippen molar-refractivity contribution in [3.63, 3.8) is 0 Å². The third kappa shape index (κ3) is 6.64. The second-order valence-electron chi connectivity index (χ2n) is 10.4. The Kier molecular flexibility index (Phi) is 9.98. The standard InChI is InChI=1S/C34H44O4/c1-6-8-10-12-18-36-25-14-16-27-28-17-15-26(37-19-13-11-9-7-2)21-30(28)32-23-34(38-24(3)4)33(35-5)22-31(32)29(27)20-25/h14-17,20-24H,6-13,18-19H2,1-5H3. The van der Waals surface area contributed by atoms with Crippen molar-refractivity contribution in [1.29, 1.82) is 0 Å². The van der Waals surface area contributed by atoms with Gasteiger partial charge in [-0.05, 0) is 95.4 Å². The van der Waals surface area contributed by atoms with Crippen molar-refractivity contribution < 1.29 is 18.9 Å². The summed E-state index contributed by atoms with van der Waals surface area (Å²) in [4.78, 5) is 0. The van der Waals surface area contributed by atoms with Crippen LogP contribution in [-0.2, 0) is 0 Å². The molecule has 4 aromatic carbocycles. The van der Waals surface area contributed by atoms with Gasteiger partial charge in [-0.25, -0.2) is 0 Å². The SMILES string of the molecule is CCCCCCOc1ccc2c3ccc(OCCCCCC)cc3c3cc(OC(C)C)c(OC)cc3c2c1. The Balaban J connectivity index is 1.80. The molecule has 0 unspecified atom stereocenters. The predicted octanol–water partition coefficient (Wildman–Crippen LogP) is 9.86. The highest BCUT2D eigenvalue weighted by Crippen LogP contribution is 2.43. The third-order valence-corrected chi connectivity index (χ3v) is 7.05. The second-order valence-corrected chi connectivity index (χ2v) is 10.4. The van der Waals surface area contributed by atoms with Gasteiger partial charge in [-0.3, -0.25) is 0 Å². The molecule has 0 aliphatic rings. The minimum atomic E-state index is 0.0443. The summed E-state index contributed by atoms with van der Waals surface area (Å²) in [5.74, 6) is 3.30. The van der Waals surface area contributed by atoms with Crippen LogP contribution < -0.4 is 18.9 Å². The summed E-state index contributed by atoms with van der Waals surface area (Å²) in [5, 5.41) is 6.95. The molecular weight excluding hydrogens is 472 g/mol. The average molecular weight is 517 g/mol. The van der Waals surface area contributed by atoms with Crippen molar-refractivity contribution in [2.75, 3.05) is 20.3 Å². The lowest BCUT2D eigenvalue weighted by atomic mass is 9.93. The summed E-state index contributed by atoms with van der Waals surface area (Å²) >= 11 is 0. The topological polar surface area (TPSA) is 36.9 Å². The van der Waals surface area contributed by atoms with E-state index < -0.39 is 0 Å². The minimum absolute atomic E-state index is 0.0443. The zero-order valence-corrected chi connectivity index (χ0v) is 23.9. The number of hydrogen-bond acceptors (Lipinski definition) is 4. The van der Waals surface area contributed by atoms with E-state index >= 15 is 0 Å². The van der Waals surface area contributed by atoms with Gasteiger partial charge in [0.05, 0.1) is 26.4 Å². The highest BCUT2D eigenvalue weighted by Gasteiger charge is 2.16. The Bertz CT molecular complexity index is 1340. The van der Waals surface area contributed by atoms with Gasteiger partial charge >= 0.3 is 0 Å². The van der Waals surface area contributed by atoms with E-state index in [0.717, 1.165) is 70.6 Å². The Morgan fingerprint density at radius 1 is 0.553 bits per heavy atom. The maximum Gasteiger partial charge on any atom is 0.162 e. The monoisotopic (exact) mass is 516 g/mol. The first-order chi connectivity index (χ1) is 18.5. The molecule has 0 atom stereocenters. The van der Waals surface area contributed by atoms with E-state index in [4.69, 9.17) is 18.9 Å². The van der Waals surface area contributed by atoms with Gasteiger partial charge in [0.2, 0.25) is 0 Å². The van der Waals surface area contributed by atoms with Crippen molar-refractivity contribution >= 4 is 32.3 Å². The van der Waals surface area contributed by atoms with Crippen LogP contribution in [-0.4, -0.2) is 26.4 Å². The molecule has 0 N–H and O–H groups in total. The highest BCUT2D eigenvalue weighted by molar-refractivity contribution is 6.26. The number of rotatable bonds is 15. The number of hydrogen-bond donors (Lipinski definition) is 0. The van der Waals surface area contributed by atoms with Gasteiger partial charge in [0.25, 0.3) is 0 Å². The number of fused-ring (bicyclic) bond motifs is 6. The molecule has 0 saturated heterocycles. The molecule has 0 amide bonds. The van der Waals surface area contributed by atoms with Crippen LogP contribution in [0, 0.1) is 0 Å². The molecule has 38 heavy (non-hydrogen) atoms. The second kappa shape index (κ2) is 13.6. The summed E-state index contributed by atoms with van der Waals surface area (Å²) in [6, 6.07) is 17.2. The Hall–Kier alpha value is -3.14. The van der Waals surface area contributed by atoms with Crippen molar-refractivity contribution in [2.45, 2.75) is 85.2 Å². The van der Waals surface area contributed by atoms with E-state index in [1.165, 1.54) is 49.3 Å². The molecule has 4 nitrogen and oxygen atoms in total. The Morgan fingerprint density at radius 3 is 1.47 bits per heavy atom. The van der Waals surface area contributed by atoms with E-state index in [1.54, 1.807) is 7.11 Å². The first-order valence-electron chi connectivity index (χ1n) is 14.5. The fourth-order valence-corrected chi connectivity index (χ4v) is 5.09. The molecule has 0 bridgehead atoms. The summed E-state index contributed by atoms with van der Waals surface area (Å²) in [5.41, 5.74) is 0. The largest absolute Gasteiger partial charge is 0.494 e. The molecule has 0 fully saturated rings. The average Bonchev–Trinajstić information content (AvgIpc) is 2.92. The van der Waals surface area contributed by atoms with Crippen LogP contribution in [0.2, 0.25) is 0 Å². The molecule has 0 aromatic heterocycles. The number of methoxy groups -OCH3 is 1. The molecule has 0 saturated carbocycles. The first kappa shape index (κ1) is 27.9. The van der Waals surface area contributed by atoms with Gasteiger partial charge in [0.15, 0.2) is 11.5 Å². The van der Waals surface area contributed by atoms with E-state index in [-0.39, 0.29) is 6.10 Å². The van der Waals surface area contributed by atoms with Crippen LogP contribution in [0.15, 0.2) is 48.5 Å². The van der Waals surface area contributed by atoms with E-state index in [1.807, 2.05) is 13.8 Å². The molecule has 4 aromatic rings. The number of benzene rings is 4. The van der Waals surface area contributed by atoms with Crippen LogP contribution in [0.25, 0.3) is 32.3 Å². The third-order valence-electron chi connectivity index (χ3n) is 7.05. The van der Waals surface area contributed by atoms with Crippen LogP contribution in [0.5, 0.6) is 23.0 Å². The minimum Gasteiger partial charge on any atom is -0.494 e. The van der Waals surface area contributed by atoms with Gasteiger partial charge in [-0.15, -0.1) is 0 Å². The fourth-order valence-electron chi connectivity index (χ4n) is 5.09. The quantitative estimate of drug-likeness (QED) is 0.116. The highest BCUT2D eigenvalue weighted by atomic mass is 16.5. The molecule has 204 valence electrons. The van der Waals surface area contributed by atoms with Gasteiger partial charge in [-0.1, -0.05) is 64.5 Å². The maximum atomic E-state index is 6.18. The normalized spacial score (nSPS) is 11.5. The first-order valence-corrected chi connectivity index (χ1v) is 14.5. The lowest BCUT2D eigenvalue weighted by Gasteiger charge is -2.18. The lowest BCUT2D eigenvalue weighted by molar-refractivity contribution is 0.230. The molecule has 0 spiro atoms. The van der Waals surface area contributed by atoms with Gasteiger partial charge in [0.1, 0.15) is 11.5 Å². The van der Waals surface area contributed by atoms with Crippen molar-refractivity contribution in [3.05, 3.63) is 48.5 Å². The van der Waals surface area contributed by atoms with Gasteiger partial charge in [-0.2, -0.15) is 0 Å². The van der Waals surface area contributed by atoms with Crippen LogP contribution in [0.1, 0.15) is 79.1 Å². The summed E-state index contributed by atoms with van der Waals surface area (Å²) in [6.45, 7) is 10.0. The molecule has 0 radical (unpaired) electrons.